The molecule has 2 aromatic heterocycles. The largest absolute Gasteiger partial charge is 0.327 e. The van der Waals surface area contributed by atoms with Crippen LogP contribution >= 0.6 is 0 Å². The molecule has 0 bridgehead atoms. The number of fused-ring (bicyclic) bond motifs is 1. The van der Waals surface area contributed by atoms with Gasteiger partial charge in [0, 0.05) is 18.3 Å². The van der Waals surface area contributed by atoms with Crippen LogP contribution in [0.15, 0.2) is 79.0 Å². The molecule has 0 aliphatic rings. The summed E-state index contributed by atoms with van der Waals surface area (Å²) in [5, 5.41) is 7.08. The SMILES string of the molecule is Cc1c(C(=O)Nc2ccc(-c3nc4ccccc4n3C)cc2)cnn1-c1ccccc1F. The second-order valence-electron chi connectivity index (χ2n) is 7.52. The van der Waals surface area contributed by atoms with E-state index in [0.717, 1.165) is 22.4 Å². The monoisotopic (exact) mass is 425 g/mol. The molecule has 0 aliphatic carbocycles. The fourth-order valence-electron chi connectivity index (χ4n) is 3.80. The van der Waals surface area contributed by atoms with Crippen LogP contribution in [0.1, 0.15) is 16.1 Å². The number of hydrogen-bond acceptors (Lipinski definition) is 3. The smallest absolute Gasteiger partial charge is 0.259 e. The van der Waals surface area contributed by atoms with E-state index in [0.29, 0.717) is 22.6 Å². The van der Waals surface area contributed by atoms with E-state index in [4.69, 9.17) is 4.98 Å². The number of rotatable bonds is 4. The van der Waals surface area contributed by atoms with Gasteiger partial charge >= 0.3 is 0 Å². The topological polar surface area (TPSA) is 64.7 Å². The lowest BCUT2D eigenvalue weighted by atomic mass is 10.2. The highest BCUT2D eigenvalue weighted by Gasteiger charge is 2.17. The van der Waals surface area contributed by atoms with Gasteiger partial charge in [0.1, 0.15) is 17.3 Å². The Kier molecular flexibility index (Phi) is 4.78. The summed E-state index contributed by atoms with van der Waals surface area (Å²) in [5.41, 5.74) is 4.83. The Labute approximate surface area is 184 Å². The minimum Gasteiger partial charge on any atom is -0.327 e. The number of imidazole rings is 1. The molecule has 5 rings (SSSR count). The Morgan fingerprint density at radius 3 is 2.44 bits per heavy atom. The molecule has 6 nitrogen and oxygen atoms in total. The van der Waals surface area contributed by atoms with E-state index in [1.54, 1.807) is 25.1 Å². The maximum Gasteiger partial charge on any atom is 0.259 e. The van der Waals surface area contributed by atoms with Crippen LogP contribution < -0.4 is 5.32 Å². The van der Waals surface area contributed by atoms with Gasteiger partial charge in [-0.25, -0.2) is 14.1 Å². The lowest BCUT2D eigenvalue weighted by Gasteiger charge is -2.08. The van der Waals surface area contributed by atoms with Crippen molar-refractivity contribution in [3.63, 3.8) is 0 Å². The molecule has 0 radical (unpaired) electrons. The maximum absolute atomic E-state index is 14.1. The quantitative estimate of drug-likeness (QED) is 0.434. The molecule has 5 aromatic rings. The van der Waals surface area contributed by atoms with Gasteiger partial charge in [0.2, 0.25) is 0 Å². The average molecular weight is 425 g/mol. The third kappa shape index (κ3) is 3.33. The number of halogens is 1. The normalized spacial score (nSPS) is 11.1. The Balaban J connectivity index is 1.38. The predicted molar refractivity (Wildman–Crippen MR) is 122 cm³/mol. The van der Waals surface area contributed by atoms with Gasteiger partial charge in [0.25, 0.3) is 5.91 Å². The first-order valence-corrected chi connectivity index (χ1v) is 10.2. The van der Waals surface area contributed by atoms with Crippen LogP contribution in [0.3, 0.4) is 0 Å². The zero-order valence-electron chi connectivity index (χ0n) is 17.6. The first-order chi connectivity index (χ1) is 15.5. The number of hydrogen-bond donors (Lipinski definition) is 1. The number of para-hydroxylation sites is 3. The van der Waals surface area contributed by atoms with Crippen LogP contribution in [0.2, 0.25) is 0 Å². The Morgan fingerprint density at radius 1 is 0.969 bits per heavy atom. The highest BCUT2D eigenvalue weighted by Crippen LogP contribution is 2.25. The number of nitrogens with zero attached hydrogens (tertiary/aromatic N) is 4. The Bertz CT molecular complexity index is 1450. The summed E-state index contributed by atoms with van der Waals surface area (Å²) in [6.07, 6.45) is 1.45. The van der Waals surface area contributed by atoms with Crippen LogP contribution in [0, 0.1) is 12.7 Å². The third-order valence-corrected chi connectivity index (χ3v) is 5.52. The maximum atomic E-state index is 14.1. The number of aryl methyl sites for hydroxylation is 1. The number of benzene rings is 3. The van der Waals surface area contributed by atoms with Gasteiger partial charge in [-0.3, -0.25) is 4.79 Å². The molecule has 0 saturated carbocycles. The Hall–Kier alpha value is -4.26. The molecule has 0 saturated heterocycles. The lowest BCUT2D eigenvalue weighted by Crippen LogP contribution is -2.13. The standard InChI is InChI=1S/C25H20FN5O/c1-16-19(15-27-31(16)22-9-5-3-7-20(22)26)25(32)28-18-13-11-17(12-14-18)24-29-21-8-4-6-10-23(21)30(24)2/h3-15H,1-2H3,(H,28,32). The molecular weight excluding hydrogens is 405 g/mol. The van der Waals surface area contributed by atoms with Gasteiger partial charge in [-0.2, -0.15) is 5.10 Å². The van der Waals surface area contributed by atoms with E-state index in [-0.39, 0.29) is 5.91 Å². The van der Waals surface area contributed by atoms with Crippen LogP contribution in [0.4, 0.5) is 10.1 Å². The van der Waals surface area contributed by atoms with Crippen molar-refractivity contribution >= 4 is 22.6 Å². The molecule has 3 aromatic carbocycles. The van der Waals surface area contributed by atoms with Crippen molar-refractivity contribution in [1.82, 2.24) is 19.3 Å². The lowest BCUT2D eigenvalue weighted by molar-refractivity contribution is 0.102. The summed E-state index contributed by atoms with van der Waals surface area (Å²) in [6.45, 7) is 1.74. The summed E-state index contributed by atoms with van der Waals surface area (Å²) >= 11 is 0. The van der Waals surface area contributed by atoms with E-state index in [1.807, 2.05) is 60.1 Å². The van der Waals surface area contributed by atoms with Crippen molar-refractivity contribution in [2.45, 2.75) is 6.92 Å². The molecule has 158 valence electrons. The number of amides is 1. The van der Waals surface area contributed by atoms with E-state index >= 15 is 0 Å². The molecule has 1 N–H and O–H groups in total. The summed E-state index contributed by atoms with van der Waals surface area (Å²) < 4.78 is 17.6. The van der Waals surface area contributed by atoms with E-state index in [9.17, 15) is 9.18 Å². The van der Waals surface area contributed by atoms with Crippen LogP contribution in [0.5, 0.6) is 0 Å². The van der Waals surface area contributed by atoms with Gasteiger partial charge in [-0.15, -0.1) is 0 Å². The van der Waals surface area contributed by atoms with Gasteiger partial charge < -0.3 is 9.88 Å². The highest BCUT2D eigenvalue weighted by atomic mass is 19.1. The van der Waals surface area contributed by atoms with Crippen molar-refractivity contribution in [1.29, 1.82) is 0 Å². The zero-order chi connectivity index (χ0) is 22.2. The van der Waals surface area contributed by atoms with Crippen molar-refractivity contribution < 1.29 is 9.18 Å². The molecule has 0 spiro atoms. The molecular formula is C25H20FN5O. The van der Waals surface area contributed by atoms with Crippen molar-refractivity contribution in [2.24, 2.45) is 7.05 Å². The molecule has 0 aliphatic heterocycles. The van der Waals surface area contributed by atoms with Gasteiger partial charge in [-0.1, -0.05) is 24.3 Å². The summed E-state index contributed by atoms with van der Waals surface area (Å²) in [7, 11) is 1.98. The van der Waals surface area contributed by atoms with E-state index in [1.165, 1.54) is 16.9 Å². The molecule has 0 fully saturated rings. The predicted octanol–water partition coefficient (Wildman–Crippen LogP) is 5.13. The molecule has 32 heavy (non-hydrogen) atoms. The first kappa shape index (κ1) is 19.7. The minimum atomic E-state index is -0.400. The summed E-state index contributed by atoms with van der Waals surface area (Å²) in [5.74, 6) is 0.148. The second-order valence-corrected chi connectivity index (χ2v) is 7.52. The number of nitrogens with one attached hydrogen (secondary N) is 1. The molecule has 0 unspecified atom stereocenters. The summed E-state index contributed by atoms with van der Waals surface area (Å²) in [4.78, 5) is 17.5. The fraction of sp³-hybridized carbons (Fsp3) is 0.0800. The first-order valence-electron chi connectivity index (χ1n) is 10.2. The van der Waals surface area contributed by atoms with E-state index < -0.39 is 5.82 Å². The summed E-state index contributed by atoms with van der Waals surface area (Å²) in [6, 6.07) is 21.8. The number of anilines is 1. The molecule has 1 amide bonds. The molecule has 7 heteroatoms. The second kappa shape index (κ2) is 7.77. The number of aromatic nitrogens is 4. The average Bonchev–Trinajstić information content (AvgIpc) is 3.35. The van der Waals surface area contributed by atoms with Gasteiger partial charge in [0.05, 0.1) is 28.5 Å². The number of carbonyl (C=O) groups excluding carboxylic acids is 1. The number of carbonyl (C=O) groups is 1. The molecule has 2 heterocycles. The van der Waals surface area contributed by atoms with Crippen molar-refractivity contribution in [2.75, 3.05) is 5.32 Å². The van der Waals surface area contributed by atoms with Crippen molar-refractivity contribution in [3.8, 4) is 17.1 Å². The van der Waals surface area contributed by atoms with Crippen LogP contribution in [-0.2, 0) is 7.05 Å². The van der Waals surface area contributed by atoms with Gasteiger partial charge in [0.15, 0.2) is 0 Å². The van der Waals surface area contributed by atoms with Crippen molar-refractivity contribution in [3.05, 3.63) is 96.1 Å². The third-order valence-electron chi connectivity index (χ3n) is 5.52. The van der Waals surface area contributed by atoms with E-state index in [2.05, 4.69) is 10.4 Å². The van der Waals surface area contributed by atoms with Crippen LogP contribution in [0.25, 0.3) is 28.1 Å². The minimum absolute atomic E-state index is 0.302. The highest BCUT2D eigenvalue weighted by molar-refractivity contribution is 6.05. The fourth-order valence-corrected chi connectivity index (χ4v) is 3.80. The Morgan fingerprint density at radius 2 is 1.69 bits per heavy atom. The van der Waals surface area contributed by atoms with Crippen LogP contribution in [-0.4, -0.2) is 25.2 Å². The molecule has 0 atom stereocenters. The zero-order valence-corrected chi connectivity index (χ0v) is 17.6. The van der Waals surface area contributed by atoms with Gasteiger partial charge in [-0.05, 0) is 55.5 Å².